The van der Waals surface area contributed by atoms with Crippen molar-refractivity contribution in [3.05, 3.63) is 0 Å². The minimum absolute atomic E-state index is 0. The van der Waals surface area contributed by atoms with E-state index in [1.54, 1.807) is 0 Å². The van der Waals surface area contributed by atoms with Crippen LogP contribution in [0.4, 0.5) is 0 Å². The summed E-state index contributed by atoms with van der Waals surface area (Å²) in [4.78, 5) is 0. The molecule has 0 aliphatic carbocycles. The first-order chi connectivity index (χ1) is 2.00. The fourth-order valence-electron chi connectivity index (χ4n) is 0.144. The van der Waals surface area contributed by atoms with Crippen molar-refractivity contribution in [3.63, 3.8) is 0 Å². The van der Waals surface area contributed by atoms with Gasteiger partial charge in [-0.15, -0.1) is 0 Å². The van der Waals surface area contributed by atoms with Crippen LogP contribution in [0.3, 0.4) is 0 Å². The summed E-state index contributed by atoms with van der Waals surface area (Å²) in [6.07, 6.45) is 0. The molecule has 1 aliphatic rings. The molecular formula is H10GeOSi3. The summed E-state index contributed by atoms with van der Waals surface area (Å²) in [6.45, 7) is 0. The Hall–Kier alpha value is 1.15. The third-order valence-electron chi connectivity index (χ3n) is 0.577. The molecular weight excluding hydrogens is 173 g/mol. The maximum absolute atomic E-state index is 5.08. The number of hydrogen-bond acceptors (Lipinski definition) is 1. The van der Waals surface area contributed by atoms with Crippen molar-refractivity contribution in [1.29, 1.82) is 0 Å². The van der Waals surface area contributed by atoms with Crippen LogP contribution in [0, 0.1) is 0 Å². The second-order valence-electron chi connectivity index (χ2n) is 0.966. The molecule has 0 bridgehead atoms. The molecule has 32 valence electrons. The molecule has 0 radical (unpaired) electrons. The normalized spacial score (nSPS) is 33.6. The molecule has 1 aliphatic heterocycles. The molecule has 0 aromatic rings. The molecule has 0 aromatic heterocycles. The molecule has 0 amide bonds. The fraction of sp³-hybridized carbons (Fsp3) is 0. The van der Waals surface area contributed by atoms with E-state index in [4.69, 9.17) is 4.12 Å². The molecule has 5 heteroatoms. The predicted molar refractivity (Wildman–Crippen MR) is 38.1 cm³/mol. The largest absolute Gasteiger partial charge is 0.0149 e. The summed E-state index contributed by atoms with van der Waals surface area (Å²) in [5, 5.41) is 0. The SMILES string of the molecule is O1[SiH2][GeH2][SiH2]1.[SiH4]. The van der Waals surface area contributed by atoms with Gasteiger partial charge in [-0.2, -0.15) is 0 Å². The summed E-state index contributed by atoms with van der Waals surface area (Å²) in [5.41, 5.74) is 0. The van der Waals surface area contributed by atoms with E-state index in [9.17, 15) is 0 Å². The van der Waals surface area contributed by atoms with Gasteiger partial charge >= 0.3 is 34.8 Å². The van der Waals surface area contributed by atoms with Gasteiger partial charge in [-0.3, -0.25) is 0 Å². The van der Waals surface area contributed by atoms with Gasteiger partial charge < -0.3 is 0 Å². The van der Waals surface area contributed by atoms with Crippen LogP contribution in [-0.2, 0) is 4.12 Å². The van der Waals surface area contributed by atoms with Crippen molar-refractivity contribution in [3.8, 4) is 0 Å². The van der Waals surface area contributed by atoms with Crippen molar-refractivity contribution in [2.24, 2.45) is 0 Å². The van der Waals surface area contributed by atoms with E-state index >= 15 is 0 Å². The van der Waals surface area contributed by atoms with Crippen LogP contribution in [-0.4, -0.2) is 41.7 Å². The first kappa shape index (κ1) is 6.15. The van der Waals surface area contributed by atoms with Gasteiger partial charge in [0.05, 0.1) is 0 Å². The van der Waals surface area contributed by atoms with Gasteiger partial charge in [0, 0.05) is 0 Å². The molecule has 1 fully saturated rings. The molecule has 1 nitrogen and oxygen atoms in total. The zero-order valence-electron chi connectivity index (χ0n) is 2.53. The summed E-state index contributed by atoms with van der Waals surface area (Å²) in [5.74, 6) is 0. The van der Waals surface area contributed by atoms with E-state index in [-0.39, 0.29) is 11.0 Å². The predicted octanol–water partition coefficient (Wildman–Crippen LogP) is -4.27. The van der Waals surface area contributed by atoms with E-state index in [1.807, 2.05) is 0 Å². The van der Waals surface area contributed by atoms with Crippen LogP contribution in [0.1, 0.15) is 0 Å². The van der Waals surface area contributed by atoms with Gasteiger partial charge in [0.1, 0.15) is 0 Å². The van der Waals surface area contributed by atoms with E-state index in [2.05, 4.69) is 0 Å². The average Bonchev–Trinajstić information content (AvgIpc) is 0.722. The second-order valence-corrected chi connectivity index (χ2v) is 24.7. The Morgan fingerprint density at radius 2 is 1.60 bits per heavy atom. The monoisotopic (exact) mass is 184 g/mol. The van der Waals surface area contributed by atoms with Crippen LogP contribution < -0.4 is 0 Å². The molecule has 1 heterocycles. The topological polar surface area (TPSA) is 9.23 Å². The van der Waals surface area contributed by atoms with Crippen LogP contribution in [0.5, 0.6) is 0 Å². The molecule has 0 atom stereocenters. The van der Waals surface area contributed by atoms with Gasteiger partial charge in [0.2, 0.25) is 0 Å². The Bertz CT molecular complexity index is 14.9. The molecule has 1 saturated heterocycles. The first-order valence-corrected chi connectivity index (χ1v) is 17.3. The van der Waals surface area contributed by atoms with Gasteiger partial charge in [-0.25, -0.2) is 0 Å². The standard InChI is InChI=1S/GeH6OSi2.H4Si/c1-3-2-4-1;/h1,3-4H2;1H4. The third kappa shape index (κ3) is 1.93. The van der Waals surface area contributed by atoms with Crippen molar-refractivity contribution < 1.29 is 4.12 Å². The third-order valence-corrected chi connectivity index (χ3v) is 27.0. The Balaban J connectivity index is 0.000000160. The van der Waals surface area contributed by atoms with Crippen LogP contribution in [0.25, 0.3) is 0 Å². The molecule has 0 unspecified atom stereocenters. The zero-order valence-corrected chi connectivity index (χ0v) is 8.33. The molecule has 0 aromatic carbocycles. The summed E-state index contributed by atoms with van der Waals surface area (Å²) >= 11 is 0.347. The van der Waals surface area contributed by atoms with E-state index < -0.39 is 0 Å². The zero-order chi connectivity index (χ0) is 2.83. The number of rotatable bonds is 0. The molecule has 0 spiro atoms. The molecule has 0 saturated carbocycles. The Labute approximate surface area is 46.1 Å². The summed E-state index contributed by atoms with van der Waals surface area (Å²) < 4.78 is 5.08. The van der Waals surface area contributed by atoms with Gasteiger partial charge in [-0.1, -0.05) is 0 Å². The minimum Gasteiger partial charge on any atom is -0.0149 e. The van der Waals surface area contributed by atoms with Crippen LogP contribution in [0.15, 0.2) is 0 Å². The quantitative estimate of drug-likeness (QED) is 0.345. The molecule has 0 N–H and O–H groups in total. The second kappa shape index (κ2) is 3.35. The molecule has 5 heavy (non-hydrogen) atoms. The Kier molecular flexibility index (Phi) is 4.12. The Morgan fingerprint density at radius 3 is 1.60 bits per heavy atom. The van der Waals surface area contributed by atoms with Gasteiger partial charge in [-0.05, 0) is 11.0 Å². The van der Waals surface area contributed by atoms with E-state index in [0.29, 0.717) is 30.7 Å². The molecule has 1 rings (SSSR count). The van der Waals surface area contributed by atoms with E-state index in [0.717, 1.165) is 0 Å². The van der Waals surface area contributed by atoms with Crippen molar-refractivity contribution in [2.45, 2.75) is 0 Å². The van der Waals surface area contributed by atoms with Crippen LogP contribution in [0.2, 0.25) is 0 Å². The maximum Gasteiger partial charge on any atom is -0.0149 e. The average molecular weight is 183 g/mol. The summed E-state index contributed by atoms with van der Waals surface area (Å²) in [7, 11) is 0.708. The van der Waals surface area contributed by atoms with Crippen molar-refractivity contribution >= 4 is 41.7 Å². The van der Waals surface area contributed by atoms with Crippen molar-refractivity contribution in [2.75, 3.05) is 0 Å². The minimum atomic E-state index is 0. The van der Waals surface area contributed by atoms with Gasteiger partial charge in [0.25, 0.3) is 0 Å². The fourth-order valence-corrected chi connectivity index (χ4v) is 6.75. The summed E-state index contributed by atoms with van der Waals surface area (Å²) in [6, 6.07) is 0. The van der Waals surface area contributed by atoms with Crippen molar-refractivity contribution in [1.82, 2.24) is 0 Å². The Morgan fingerprint density at radius 1 is 1.40 bits per heavy atom. The van der Waals surface area contributed by atoms with Gasteiger partial charge in [0.15, 0.2) is 0 Å². The van der Waals surface area contributed by atoms with E-state index in [1.165, 1.54) is 0 Å². The van der Waals surface area contributed by atoms with Crippen LogP contribution >= 0.6 is 0 Å². The first-order valence-electron chi connectivity index (χ1n) is 1.58. The number of hydrogen-bond donors (Lipinski definition) is 0. The smallest absolute Gasteiger partial charge is 0.0149 e. The maximum atomic E-state index is 5.08.